The van der Waals surface area contributed by atoms with E-state index in [0.717, 1.165) is 154 Å². The van der Waals surface area contributed by atoms with Gasteiger partial charge in [0.25, 0.3) is 0 Å². The van der Waals surface area contributed by atoms with Gasteiger partial charge in [0.15, 0.2) is 11.2 Å². The van der Waals surface area contributed by atoms with Crippen LogP contribution < -0.4 is 0 Å². The number of para-hydroxylation sites is 4. The van der Waals surface area contributed by atoms with Crippen molar-refractivity contribution in [2.75, 3.05) is 0 Å². The molecule has 6 aromatic heterocycles. The van der Waals surface area contributed by atoms with Crippen LogP contribution in [0.5, 0.6) is 0 Å². The number of rotatable bonds is 3. The molecule has 66 heavy (non-hydrogen) atoms. The van der Waals surface area contributed by atoms with Crippen molar-refractivity contribution in [1.29, 1.82) is 0 Å². The topological polar surface area (TPSA) is 62.4 Å². The molecule has 0 aliphatic rings. The van der Waals surface area contributed by atoms with Gasteiger partial charge in [-0.3, -0.25) is 0 Å². The third-order valence-corrected chi connectivity index (χ3v) is 14.1. The predicted octanol–water partition coefficient (Wildman–Crippen LogP) is 17.1. The molecule has 0 radical (unpaired) electrons. The normalized spacial score (nSPS) is 12.5. The quantitative estimate of drug-likeness (QED) is 0.178. The molecule has 0 aliphatic carbocycles. The average Bonchev–Trinajstić information content (AvgIpc) is 4.22. The molecule has 0 atom stereocenters. The molecule has 0 unspecified atom stereocenters. The number of benzene rings is 10. The van der Waals surface area contributed by atoms with Crippen LogP contribution in [-0.2, 0) is 0 Å². The van der Waals surface area contributed by atoms with Crippen LogP contribution in [0.15, 0.2) is 212 Å². The third kappa shape index (κ3) is 4.49. The maximum absolute atomic E-state index is 6.78. The minimum absolute atomic E-state index is 0.866. The van der Waals surface area contributed by atoms with Gasteiger partial charge >= 0.3 is 0 Å². The lowest BCUT2D eigenvalue weighted by molar-refractivity contribution is 0.668. The average molecular weight is 845 g/mol. The van der Waals surface area contributed by atoms with Crippen LogP contribution in [-0.4, -0.2) is 9.13 Å². The molecule has 0 bridgehead atoms. The number of fused-ring (bicyclic) bond motifs is 20. The Labute approximate surface area is 373 Å². The van der Waals surface area contributed by atoms with Crippen molar-refractivity contribution in [1.82, 2.24) is 9.13 Å². The summed E-state index contributed by atoms with van der Waals surface area (Å²) in [6.45, 7) is 0. The first kappa shape index (κ1) is 34.5. The van der Waals surface area contributed by atoms with Crippen LogP contribution in [0, 0.1) is 0 Å². The van der Waals surface area contributed by atoms with Gasteiger partial charge in [-0.15, -0.1) is 0 Å². The second-order valence-electron chi connectivity index (χ2n) is 17.6. The number of hydrogen-bond acceptors (Lipinski definition) is 4. The van der Waals surface area contributed by atoms with Crippen molar-refractivity contribution in [3.8, 4) is 22.5 Å². The zero-order valence-corrected chi connectivity index (χ0v) is 35.0. The van der Waals surface area contributed by atoms with Crippen molar-refractivity contribution in [2.45, 2.75) is 0 Å². The maximum Gasteiger partial charge on any atom is 0.160 e. The highest BCUT2D eigenvalue weighted by Crippen LogP contribution is 2.45. The third-order valence-electron chi connectivity index (χ3n) is 14.1. The monoisotopic (exact) mass is 844 g/mol. The Morgan fingerprint density at radius 2 is 0.606 bits per heavy atom. The Bertz CT molecular complexity index is 4470. The zero-order chi connectivity index (χ0) is 42.8. The van der Waals surface area contributed by atoms with E-state index in [1.165, 1.54) is 0 Å². The maximum atomic E-state index is 6.78. The van der Waals surface area contributed by atoms with E-state index < -0.39 is 0 Å². The molecule has 0 saturated carbocycles. The summed E-state index contributed by atoms with van der Waals surface area (Å²) in [6, 6.07) is 68.9. The standard InChI is InChI=1S/C60H32N2O4/c1-7-15-53-37(9-1)43-23-21-41-45-29-33(17-25-49(45)61(57(41)59(43)65-53)35-19-27-55-47(31-35)39-11-3-5-13-51(39)63-55)34-18-26-50-46(30-34)42-22-24-44-38-10-2-8-16-54(38)66-60(44)58(42)62(50)36-20-28-56-48(32-36)40-12-4-6-14-52(40)64-56/h1-32H. The van der Waals surface area contributed by atoms with Crippen LogP contribution in [0.1, 0.15) is 0 Å². The molecule has 306 valence electrons. The molecule has 6 nitrogen and oxygen atoms in total. The van der Waals surface area contributed by atoms with Gasteiger partial charge in [0.05, 0.1) is 22.1 Å². The lowest BCUT2D eigenvalue weighted by atomic mass is 10.00. The molecule has 0 aliphatic heterocycles. The Kier molecular flexibility index (Phi) is 6.47. The second-order valence-corrected chi connectivity index (χ2v) is 17.6. The fourth-order valence-electron chi connectivity index (χ4n) is 11.2. The SMILES string of the molecule is c1ccc2c(c1)oc1ccc(-n3c4ccc(-c5ccc6c(c5)c5ccc7c8ccccc8oc7c5n6-c5ccc6oc7ccccc7c6c5)cc4c4ccc5c6ccccc6oc5c43)cc12. The van der Waals surface area contributed by atoms with Crippen molar-refractivity contribution in [3.05, 3.63) is 194 Å². The van der Waals surface area contributed by atoms with E-state index in [9.17, 15) is 0 Å². The molecule has 6 heterocycles. The number of furan rings is 4. The molecule has 0 N–H and O–H groups in total. The summed E-state index contributed by atoms with van der Waals surface area (Å²) >= 11 is 0. The van der Waals surface area contributed by atoms with Gasteiger partial charge in [0.1, 0.15) is 33.5 Å². The summed E-state index contributed by atoms with van der Waals surface area (Å²) in [5.74, 6) is 0. The number of aromatic nitrogens is 2. The van der Waals surface area contributed by atoms with Crippen LogP contribution in [0.2, 0.25) is 0 Å². The van der Waals surface area contributed by atoms with Crippen LogP contribution in [0.4, 0.5) is 0 Å². The molecule has 16 aromatic rings. The van der Waals surface area contributed by atoms with E-state index in [0.29, 0.717) is 0 Å². The highest BCUT2D eigenvalue weighted by molar-refractivity contribution is 6.24. The van der Waals surface area contributed by atoms with E-state index in [2.05, 4.69) is 167 Å². The van der Waals surface area contributed by atoms with Gasteiger partial charge in [-0.25, -0.2) is 0 Å². The summed E-state index contributed by atoms with van der Waals surface area (Å²) in [5, 5.41) is 13.3. The van der Waals surface area contributed by atoms with Crippen molar-refractivity contribution >= 4 is 131 Å². The van der Waals surface area contributed by atoms with Gasteiger partial charge in [0, 0.05) is 76.0 Å². The number of hydrogen-bond donors (Lipinski definition) is 0. The molecule has 0 fully saturated rings. The highest BCUT2D eigenvalue weighted by atomic mass is 16.3. The molecule has 10 aromatic carbocycles. The molecule has 0 amide bonds. The number of nitrogens with zero attached hydrogens (tertiary/aromatic N) is 2. The minimum atomic E-state index is 0.866. The molecular formula is C60H32N2O4. The Morgan fingerprint density at radius 3 is 1.05 bits per heavy atom. The van der Waals surface area contributed by atoms with Crippen molar-refractivity contribution in [2.24, 2.45) is 0 Å². The minimum Gasteiger partial charge on any atom is -0.456 e. The fraction of sp³-hybridized carbons (Fsp3) is 0. The van der Waals surface area contributed by atoms with Crippen LogP contribution in [0.3, 0.4) is 0 Å². The Hall–Kier alpha value is -9.00. The van der Waals surface area contributed by atoms with E-state index in [4.69, 9.17) is 17.7 Å². The van der Waals surface area contributed by atoms with Crippen molar-refractivity contribution in [3.63, 3.8) is 0 Å². The van der Waals surface area contributed by atoms with Crippen LogP contribution in [0.25, 0.3) is 154 Å². The lowest BCUT2D eigenvalue weighted by Gasteiger charge is -2.10. The Balaban J connectivity index is 0.951. The second kappa shape index (κ2) is 12.4. The van der Waals surface area contributed by atoms with Gasteiger partial charge in [-0.1, -0.05) is 97.1 Å². The van der Waals surface area contributed by atoms with E-state index in [1.54, 1.807) is 0 Å². The summed E-state index contributed by atoms with van der Waals surface area (Å²) < 4.78 is 30.9. The first-order chi connectivity index (χ1) is 32.7. The lowest BCUT2D eigenvalue weighted by Crippen LogP contribution is -1.94. The molecular weight excluding hydrogens is 813 g/mol. The zero-order valence-electron chi connectivity index (χ0n) is 35.0. The molecule has 16 rings (SSSR count). The highest BCUT2D eigenvalue weighted by Gasteiger charge is 2.23. The van der Waals surface area contributed by atoms with E-state index in [-0.39, 0.29) is 0 Å². The van der Waals surface area contributed by atoms with Gasteiger partial charge in [-0.2, -0.15) is 0 Å². The molecule has 0 spiro atoms. The smallest absolute Gasteiger partial charge is 0.160 e. The van der Waals surface area contributed by atoms with E-state index >= 15 is 0 Å². The first-order valence-electron chi connectivity index (χ1n) is 22.3. The summed E-state index contributed by atoms with van der Waals surface area (Å²) in [6.07, 6.45) is 0. The van der Waals surface area contributed by atoms with Gasteiger partial charge in [-0.05, 0) is 108 Å². The first-order valence-corrected chi connectivity index (χ1v) is 22.3. The fourth-order valence-corrected chi connectivity index (χ4v) is 11.2. The summed E-state index contributed by atoms with van der Waals surface area (Å²) in [4.78, 5) is 0. The summed E-state index contributed by atoms with van der Waals surface area (Å²) in [5.41, 5.74) is 15.6. The van der Waals surface area contributed by atoms with Gasteiger partial charge in [0.2, 0.25) is 0 Å². The molecule has 6 heteroatoms. The molecule has 0 saturated heterocycles. The van der Waals surface area contributed by atoms with E-state index in [1.807, 2.05) is 36.4 Å². The van der Waals surface area contributed by atoms with Gasteiger partial charge < -0.3 is 26.8 Å². The largest absolute Gasteiger partial charge is 0.456 e. The summed E-state index contributed by atoms with van der Waals surface area (Å²) in [7, 11) is 0. The van der Waals surface area contributed by atoms with Crippen molar-refractivity contribution < 1.29 is 17.7 Å². The Morgan fingerprint density at radius 1 is 0.242 bits per heavy atom. The van der Waals surface area contributed by atoms with Crippen LogP contribution >= 0.6 is 0 Å². The predicted molar refractivity (Wildman–Crippen MR) is 270 cm³/mol.